The van der Waals surface area contributed by atoms with Crippen molar-refractivity contribution >= 4 is 44.0 Å². The number of esters is 1. The summed E-state index contributed by atoms with van der Waals surface area (Å²) in [5.74, 6) is -0.962. The maximum Gasteiger partial charge on any atom is 0.511 e. The number of ether oxygens (including phenoxy) is 2. The summed E-state index contributed by atoms with van der Waals surface area (Å²) in [6, 6.07) is 4.17. The number of alkyl carbamates (subject to hydrolysis) is 1. The highest BCUT2D eigenvalue weighted by molar-refractivity contribution is 7.90. The molecule has 1 aliphatic carbocycles. The van der Waals surface area contributed by atoms with E-state index >= 15 is 0 Å². The number of amides is 4. The second-order valence-corrected chi connectivity index (χ2v) is 23.9. The molecule has 0 bridgehead atoms. The lowest BCUT2D eigenvalue weighted by Gasteiger charge is -2.38. The van der Waals surface area contributed by atoms with Crippen molar-refractivity contribution in [2.45, 2.75) is 118 Å². The molecule has 3 rings (SSSR count). The van der Waals surface area contributed by atoms with Crippen LogP contribution in [0.1, 0.15) is 81.7 Å². The number of fused-ring (bicyclic) bond motifs is 1. The maximum absolute atomic E-state index is 13.7. The van der Waals surface area contributed by atoms with Crippen molar-refractivity contribution in [3.05, 3.63) is 35.9 Å². The van der Waals surface area contributed by atoms with Gasteiger partial charge in [-0.2, -0.15) is 35.0 Å². The minimum Gasteiger partial charge on any atom is -0.467 e. The van der Waals surface area contributed by atoms with Gasteiger partial charge >= 0.3 is 49.2 Å². The van der Waals surface area contributed by atoms with Gasteiger partial charge in [0.05, 0.1) is 13.2 Å². The number of sulfonamides is 2. The number of likely N-dealkylation sites (N-methyl/N-ethyl adjacent to an activating group) is 2. The monoisotopic (exact) mass is 966 g/mol. The molecule has 64 heavy (non-hydrogen) atoms. The molecule has 368 valence electrons. The highest BCUT2D eigenvalue weighted by Gasteiger charge is 2.70. The van der Waals surface area contributed by atoms with E-state index in [1.165, 1.54) is 12.0 Å². The fraction of sp³-hybridized carbons (Fsp3) is 0.750. The Morgan fingerprint density at radius 3 is 1.58 bits per heavy atom. The lowest BCUT2D eigenvalue weighted by molar-refractivity contribution is -0.154. The summed E-state index contributed by atoms with van der Waals surface area (Å²) in [6.45, 7) is 18.3. The molecule has 1 saturated heterocycles. The van der Waals surface area contributed by atoms with Gasteiger partial charge in [0.2, 0.25) is 5.91 Å². The topological polar surface area (TPSA) is 201 Å². The van der Waals surface area contributed by atoms with Gasteiger partial charge in [0, 0.05) is 45.7 Å². The molecule has 16 nitrogen and oxygen atoms in total. The largest absolute Gasteiger partial charge is 0.511 e. The number of methoxy groups -OCH3 is 1. The van der Waals surface area contributed by atoms with E-state index in [-0.39, 0.29) is 32.5 Å². The van der Waals surface area contributed by atoms with Crippen LogP contribution in [0.5, 0.6) is 0 Å². The zero-order valence-electron chi connectivity index (χ0n) is 38.7. The molecule has 2 fully saturated rings. The Morgan fingerprint density at radius 2 is 1.19 bits per heavy atom. The number of carbonyl (C=O) groups excluding carboxylic acids is 4. The van der Waals surface area contributed by atoms with Crippen LogP contribution < -0.4 is 16.0 Å². The van der Waals surface area contributed by atoms with Gasteiger partial charge in [0.25, 0.3) is 0 Å². The number of nitrogens with zero attached hydrogens (tertiary/aromatic N) is 3. The van der Waals surface area contributed by atoms with Gasteiger partial charge < -0.3 is 30.3 Å². The van der Waals surface area contributed by atoms with Crippen molar-refractivity contribution in [3.8, 4) is 0 Å². The van der Waals surface area contributed by atoms with Crippen LogP contribution in [-0.2, 0) is 45.7 Å². The number of nitrogens with one attached hydrogen (secondary N) is 3. The van der Waals surface area contributed by atoms with Gasteiger partial charge in [0.1, 0.15) is 18.7 Å². The minimum atomic E-state index is -5.61. The number of halogens is 6. The van der Waals surface area contributed by atoms with Gasteiger partial charge in [0.15, 0.2) is 0 Å². The number of hydrogen-bond acceptors (Lipinski definition) is 10. The normalized spacial score (nSPS) is 20.5. The molecule has 3 N–H and O–H groups in total. The molecule has 1 aliphatic heterocycles. The number of alkyl halides is 6. The van der Waals surface area contributed by atoms with Crippen LogP contribution in [0, 0.1) is 33.5 Å². The number of carbonyl (C=O) groups is 4. The fourth-order valence-corrected chi connectivity index (χ4v) is 8.49. The van der Waals surface area contributed by atoms with Crippen LogP contribution in [0.4, 0.5) is 35.9 Å². The molecule has 0 aromatic heterocycles. The van der Waals surface area contributed by atoms with Crippen LogP contribution in [0.2, 0.25) is 0 Å². The summed E-state index contributed by atoms with van der Waals surface area (Å²) in [6.07, 6.45) is -0.841. The molecule has 1 aromatic carbocycles. The number of benzene rings is 1. The molecule has 2 aliphatic rings. The van der Waals surface area contributed by atoms with Gasteiger partial charge in [-0.05, 0) is 33.1 Å². The van der Waals surface area contributed by atoms with Crippen molar-refractivity contribution in [3.63, 3.8) is 0 Å². The van der Waals surface area contributed by atoms with Gasteiger partial charge in [-0.1, -0.05) is 106 Å². The predicted molar refractivity (Wildman–Crippen MR) is 225 cm³/mol. The van der Waals surface area contributed by atoms with Crippen molar-refractivity contribution < 1.29 is 71.8 Å². The molecule has 4 amide bonds. The van der Waals surface area contributed by atoms with Crippen molar-refractivity contribution in [1.82, 2.24) is 29.5 Å². The fourth-order valence-electron chi connectivity index (χ4n) is 7.09. The maximum atomic E-state index is 13.7. The average molecular weight is 967 g/mol. The number of likely N-dealkylation sites (tertiary alicyclic amines) is 1. The molecule has 0 spiro atoms. The first-order chi connectivity index (χ1) is 28.6. The SMILES string of the molecule is CN(C[C@@H](NC(=O)OCc1ccccc1)C(C)(C)C)S(=O)(=O)C(F)(F)F.COC(=O)[C@@H]1[C@@H]2[C@H](CN1C(=O)[C@@H](NC(=O)N[C@H](CN(C)S(=O)(=O)C(F)(F)F)C(C)(C)C)C(C)(C)C)C2(C)C. The summed E-state index contributed by atoms with van der Waals surface area (Å²) in [5.41, 5.74) is -12.6. The Morgan fingerprint density at radius 1 is 0.750 bits per heavy atom. The number of piperidine rings is 1. The highest BCUT2D eigenvalue weighted by Crippen LogP contribution is 2.65. The Labute approximate surface area is 372 Å². The molecule has 1 saturated carbocycles. The van der Waals surface area contributed by atoms with Gasteiger partial charge in [-0.25, -0.2) is 31.2 Å². The third kappa shape index (κ3) is 13.8. The lowest BCUT2D eigenvalue weighted by atomic mass is 9.85. The summed E-state index contributed by atoms with van der Waals surface area (Å²) in [4.78, 5) is 52.8. The van der Waals surface area contributed by atoms with Crippen LogP contribution in [0.3, 0.4) is 0 Å². The van der Waals surface area contributed by atoms with Crippen LogP contribution in [-0.4, -0.2) is 130 Å². The Hall–Kier alpha value is -3.90. The van der Waals surface area contributed by atoms with E-state index in [1.54, 1.807) is 92.6 Å². The molecule has 1 aromatic rings. The predicted octanol–water partition coefficient (Wildman–Crippen LogP) is 5.66. The molecular formula is C40H64F6N6O10S2. The number of hydrogen-bond donors (Lipinski definition) is 3. The van der Waals surface area contributed by atoms with E-state index < -0.39 is 109 Å². The summed E-state index contributed by atoms with van der Waals surface area (Å²) < 4.78 is 134. The first-order valence-electron chi connectivity index (χ1n) is 20.1. The van der Waals surface area contributed by atoms with Crippen molar-refractivity contribution in [2.24, 2.45) is 33.5 Å². The van der Waals surface area contributed by atoms with E-state index in [4.69, 9.17) is 9.47 Å². The number of rotatable bonds is 13. The highest BCUT2D eigenvalue weighted by atomic mass is 32.2. The smallest absolute Gasteiger partial charge is 0.467 e. The minimum absolute atomic E-state index is 0.0137. The molecule has 0 unspecified atom stereocenters. The van der Waals surface area contributed by atoms with Gasteiger partial charge in [-0.3, -0.25) is 4.79 Å². The Bertz CT molecular complexity index is 2030. The second-order valence-electron chi connectivity index (χ2n) is 19.8. The first kappa shape index (κ1) is 56.2. The third-order valence-corrected chi connectivity index (χ3v) is 14.6. The van der Waals surface area contributed by atoms with Crippen molar-refractivity contribution in [1.29, 1.82) is 0 Å². The third-order valence-electron chi connectivity index (χ3n) is 11.5. The van der Waals surface area contributed by atoms with Crippen LogP contribution in [0.15, 0.2) is 30.3 Å². The average Bonchev–Trinajstić information content (AvgIpc) is 3.43. The standard InChI is InChI=1S/C24H41F3N4O6S.C16H23F3N2O4S/c1-21(2,3)14(12-30(9)38(35,36)24(25,26)27)28-20(34)29-17(22(4,5)6)18(32)31-11-13-15(23(13,7)8)16(31)19(33)37-10;1-15(2,3)13(10-21(4)26(23,24)16(17,18)19)20-14(22)25-11-12-8-6-5-7-9-12/h13-17H,11-12H2,1-10H3,(H2,28,29,34);5-9,13H,10-11H2,1-4H3,(H,20,22)/t13-,14+,15-,16-,17+;13-/m01/s1. The first-order valence-corrected chi connectivity index (χ1v) is 23.0. The zero-order chi connectivity index (χ0) is 50.0. The van der Waals surface area contributed by atoms with Crippen molar-refractivity contribution in [2.75, 3.05) is 40.8 Å². The quantitative estimate of drug-likeness (QED) is 0.164. The van der Waals surface area contributed by atoms with E-state index in [1.807, 2.05) is 13.8 Å². The second kappa shape index (κ2) is 19.9. The van der Waals surface area contributed by atoms with E-state index in [2.05, 4.69) is 16.0 Å². The molecule has 24 heteroatoms. The van der Waals surface area contributed by atoms with Crippen LogP contribution in [0.25, 0.3) is 0 Å². The lowest BCUT2D eigenvalue weighted by Crippen LogP contribution is -2.61. The van der Waals surface area contributed by atoms with E-state index in [0.29, 0.717) is 6.54 Å². The zero-order valence-corrected chi connectivity index (χ0v) is 40.3. The molecule has 6 atom stereocenters. The molecular weight excluding hydrogens is 903 g/mol. The Kier molecular flexibility index (Phi) is 17.5. The molecule has 1 heterocycles. The number of urea groups is 1. The van der Waals surface area contributed by atoms with Crippen LogP contribution >= 0.6 is 0 Å². The summed E-state index contributed by atoms with van der Waals surface area (Å²) in [7, 11) is -8.23. The van der Waals surface area contributed by atoms with Gasteiger partial charge in [-0.15, -0.1) is 0 Å². The summed E-state index contributed by atoms with van der Waals surface area (Å²) in [5, 5.41) is 7.62. The van der Waals surface area contributed by atoms with E-state index in [9.17, 15) is 62.4 Å². The molecule has 0 radical (unpaired) electrons. The Balaban J connectivity index is 0.000000473. The summed E-state index contributed by atoms with van der Waals surface area (Å²) >= 11 is 0. The van der Waals surface area contributed by atoms with E-state index in [0.717, 1.165) is 19.7 Å².